The smallest absolute Gasteiger partial charge is 0.243 e. The molecule has 1 aromatic rings. The maximum Gasteiger partial charge on any atom is 0.243 e. The zero-order valence-corrected chi connectivity index (χ0v) is 14.7. The van der Waals surface area contributed by atoms with Crippen LogP contribution in [-0.2, 0) is 10.0 Å². The van der Waals surface area contributed by atoms with Gasteiger partial charge >= 0.3 is 0 Å². The van der Waals surface area contributed by atoms with Crippen LogP contribution < -0.4 is 5.32 Å². The van der Waals surface area contributed by atoms with E-state index in [0.29, 0.717) is 4.90 Å². The van der Waals surface area contributed by atoms with Gasteiger partial charge in [0.25, 0.3) is 0 Å². The van der Waals surface area contributed by atoms with Gasteiger partial charge in [-0.1, -0.05) is 32.9 Å². The molecule has 2 unspecified atom stereocenters. The molecule has 0 aliphatic carbocycles. The molecule has 0 radical (unpaired) electrons. The molecule has 0 aromatic heterocycles. The van der Waals surface area contributed by atoms with Gasteiger partial charge < -0.3 is 5.32 Å². The Bertz CT molecular complexity index is 555. The van der Waals surface area contributed by atoms with Crippen LogP contribution in [0.15, 0.2) is 29.2 Å². The van der Waals surface area contributed by atoms with Gasteiger partial charge in [0.15, 0.2) is 0 Å². The summed E-state index contributed by atoms with van der Waals surface area (Å²) >= 11 is 0. The minimum Gasteiger partial charge on any atom is -0.310 e. The molecular formula is C16H28N2O2S. The molecule has 120 valence electrons. The van der Waals surface area contributed by atoms with Gasteiger partial charge in [0.1, 0.15) is 0 Å². The van der Waals surface area contributed by atoms with Gasteiger partial charge in [0, 0.05) is 19.1 Å². The number of sulfonamides is 1. The molecule has 0 fully saturated rings. The largest absolute Gasteiger partial charge is 0.310 e. The van der Waals surface area contributed by atoms with E-state index in [0.717, 1.165) is 12.1 Å². The van der Waals surface area contributed by atoms with Gasteiger partial charge in [-0.15, -0.1) is 0 Å². The van der Waals surface area contributed by atoms with E-state index in [4.69, 9.17) is 0 Å². The third-order valence-corrected chi connectivity index (χ3v) is 6.02. The molecule has 0 saturated carbocycles. The molecule has 0 amide bonds. The lowest BCUT2D eigenvalue weighted by molar-refractivity contribution is 0.315. The fraction of sp³-hybridized carbons (Fsp3) is 0.625. The molecule has 1 aromatic carbocycles. The van der Waals surface area contributed by atoms with Crippen molar-refractivity contribution in [3.05, 3.63) is 29.8 Å². The molecule has 0 bridgehead atoms. The summed E-state index contributed by atoms with van der Waals surface area (Å²) in [6, 6.07) is 7.30. The Morgan fingerprint density at radius 3 is 2.33 bits per heavy atom. The number of hydrogen-bond acceptors (Lipinski definition) is 3. The topological polar surface area (TPSA) is 49.4 Å². The first-order valence-corrected chi connectivity index (χ1v) is 8.97. The highest BCUT2D eigenvalue weighted by Crippen LogP contribution is 2.23. The van der Waals surface area contributed by atoms with Crippen LogP contribution in [0.3, 0.4) is 0 Å². The highest BCUT2D eigenvalue weighted by atomic mass is 32.2. The second kappa shape index (κ2) is 7.38. The lowest BCUT2D eigenvalue weighted by Gasteiger charge is -2.27. The van der Waals surface area contributed by atoms with E-state index in [2.05, 4.69) is 5.32 Å². The third-order valence-electron chi connectivity index (χ3n) is 4.08. The van der Waals surface area contributed by atoms with E-state index < -0.39 is 10.0 Å². The van der Waals surface area contributed by atoms with Crippen LogP contribution in [0.2, 0.25) is 0 Å². The van der Waals surface area contributed by atoms with Crippen molar-refractivity contribution < 1.29 is 8.42 Å². The van der Waals surface area contributed by atoms with Crippen molar-refractivity contribution in [3.63, 3.8) is 0 Å². The Labute approximate surface area is 129 Å². The van der Waals surface area contributed by atoms with E-state index >= 15 is 0 Å². The number of nitrogens with zero attached hydrogens (tertiary/aromatic N) is 1. The second-order valence-corrected chi connectivity index (χ2v) is 7.86. The molecule has 1 N–H and O–H groups in total. The predicted octanol–water partition coefficient (Wildman–Crippen LogP) is 3.02. The first-order chi connectivity index (χ1) is 9.71. The van der Waals surface area contributed by atoms with Crippen LogP contribution in [0, 0.1) is 5.92 Å². The monoisotopic (exact) mass is 312 g/mol. The zero-order chi connectivity index (χ0) is 16.2. The SMILES string of the molecule is CCNC(C)c1cccc(S(=O)(=O)N(C)C(C)C(C)C)c1. The minimum absolute atomic E-state index is 0.0372. The standard InChI is InChI=1S/C16H28N2O2S/c1-7-17-13(4)15-9-8-10-16(11-15)21(19,20)18(6)14(5)12(2)3/h8-14,17H,7H2,1-6H3. The normalized spacial score (nSPS) is 15.4. The van der Waals surface area contributed by atoms with Crippen LogP contribution in [0.1, 0.15) is 46.2 Å². The van der Waals surface area contributed by atoms with Crippen LogP contribution in [0.4, 0.5) is 0 Å². The molecule has 21 heavy (non-hydrogen) atoms. The summed E-state index contributed by atoms with van der Waals surface area (Å²) in [5.41, 5.74) is 0.989. The van der Waals surface area contributed by atoms with E-state index in [-0.39, 0.29) is 18.0 Å². The highest BCUT2D eigenvalue weighted by molar-refractivity contribution is 7.89. The fourth-order valence-electron chi connectivity index (χ4n) is 2.17. The summed E-state index contributed by atoms with van der Waals surface area (Å²) < 4.78 is 26.9. The van der Waals surface area contributed by atoms with Crippen LogP contribution >= 0.6 is 0 Å². The van der Waals surface area contributed by atoms with Crippen molar-refractivity contribution in [2.24, 2.45) is 5.92 Å². The highest BCUT2D eigenvalue weighted by Gasteiger charge is 2.27. The predicted molar refractivity (Wildman–Crippen MR) is 87.8 cm³/mol. The molecule has 0 aliphatic rings. The Morgan fingerprint density at radius 1 is 1.19 bits per heavy atom. The molecule has 0 heterocycles. The second-order valence-electron chi connectivity index (χ2n) is 5.86. The van der Waals surface area contributed by atoms with Gasteiger partial charge in [0.2, 0.25) is 10.0 Å². The van der Waals surface area contributed by atoms with E-state index in [1.54, 1.807) is 19.2 Å². The molecule has 0 spiro atoms. The van der Waals surface area contributed by atoms with Gasteiger partial charge in [-0.3, -0.25) is 0 Å². The maximum absolute atomic E-state index is 12.7. The van der Waals surface area contributed by atoms with Crippen molar-refractivity contribution >= 4 is 10.0 Å². The summed E-state index contributed by atoms with van der Waals surface area (Å²) in [5, 5.41) is 3.30. The number of hydrogen-bond donors (Lipinski definition) is 1. The molecule has 5 heteroatoms. The molecule has 0 saturated heterocycles. The average Bonchev–Trinajstić information content (AvgIpc) is 2.45. The molecular weight excluding hydrogens is 284 g/mol. The number of nitrogens with one attached hydrogen (secondary N) is 1. The van der Waals surface area contributed by atoms with Gasteiger partial charge in [-0.2, -0.15) is 4.31 Å². The summed E-state index contributed by atoms with van der Waals surface area (Å²) in [5.74, 6) is 0.272. The minimum atomic E-state index is -3.45. The van der Waals surface area contributed by atoms with Gasteiger partial charge in [-0.05, 0) is 44.0 Å². The van der Waals surface area contributed by atoms with E-state index in [1.165, 1.54) is 4.31 Å². The number of benzene rings is 1. The molecule has 2 atom stereocenters. The Kier molecular flexibility index (Phi) is 6.38. The summed E-state index contributed by atoms with van der Waals surface area (Å²) in [6.45, 7) is 10.9. The Balaban J connectivity index is 3.12. The Morgan fingerprint density at radius 2 is 1.81 bits per heavy atom. The van der Waals surface area contributed by atoms with Crippen LogP contribution in [0.5, 0.6) is 0 Å². The summed E-state index contributed by atoms with van der Waals surface area (Å²) in [4.78, 5) is 0.361. The van der Waals surface area contributed by atoms with Crippen molar-refractivity contribution in [2.45, 2.75) is 51.6 Å². The third kappa shape index (κ3) is 4.28. The zero-order valence-electron chi connectivity index (χ0n) is 13.9. The van der Waals surface area contributed by atoms with Crippen molar-refractivity contribution in [1.29, 1.82) is 0 Å². The van der Waals surface area contributed by atoms with Crippen LogP contribution in [0.25, 0.3) is 0 Å². The molecule has 4 nitrogen and oxygen atoms in total. The quantitative estimate of drug-likeness (QED) is 0.842. The van der Waals surface area contributed by atoms with E-state index in [9.17, 15) is 8.42 Å². The Hall–Kier alpha value is -0.910. The van der Waals surface area contributed by atoms with E-state index in [1.807, 2.05) is 46.8 Å². The lowest BCUT2D eigenvalue weighted by Crippen LogP contribution is -2.38. The average molecular weight is 312 g/mol. The summed E-state index contributed by atoms with van der Waals surface area (Å²) in [7, 11) is -1.80. The van der Waals surface area contributed by atoms with Crippen molar-refractivity contribution in [1.82, 2.24) is 9.62 Å². The lowest BCUT2D eigenvalue weighted by atomic mass is 10.1. The van der Waals surface area contributed by atoms with Crippen molar-refractivity contribution in [2.75, 3.05) is 13.6 Å². The maximum atomic E-state index is 12.7. The first kappa shape index (κ1) is 18.1. The van der Waals surface area contributed by atoms with Gasteiger partial charge in [0.05, 0.1) is 4.90 Å². The number of rotatable bonds is 7. The molecule has 1 rings (SSSR count). The fourth-order valence-corrected chi connectivity index (χ4v) is 3.72. The van der Waals surface area contributed by atoms with Crippen LogP contribution in [-0.4, -0.2) is 32.4 Å². The summed E-state index contributed by atoms with van der Waals surface area (Å²) in [6.07, 6.45) is 0. The van der Waals surface area contributed by atoms with Crippen molar-refractivity contribution in [3.8, 4) is 0 Å². The van der Waals surface area contributed by atoms with Gasteiger partial charge in [-0.25, -0.2) is 8.42 Å². The molecule has 0 aliphatic heterocycles. The first-order valence-electron chi connectivity index (χ1n) is 7.53.